The quantitative estimate of drug-likeness (QED) is 0.237. The van der Waals surface area contributed by atoms with Gasteiger partial charge in [0.2, 0.25) is 0 Å². The molecule has 9 heteroatoms. The van der Waals surface area contributed by atoms with E-state index in [-0.39, 0.29) is 19.8 Å². The standard InChI is InChI=1S/C8H17O5.3H2O.Ti/c9-1-3-11-5-7-13-8-6-12-4-2-10;;;;/h9H,1-8H2;3*1H2;/q-1;;;;+4/p-3. The van der Waals surface area contributed by atoms with Gasteiger partial charge in [0.05, 0.1) is 0 Å². The fourth-order valence-corrected chi connectivity index (χ4v) is 1.40. The van der Waals surface area contributed by atoms with E-state index in [1.54, 1.807) is 0 Å². The molecule has 8 nitrogen and oxygen atoms in total. The van der Waals surface area contributed by atoms with E-state index in [0.717, 1.165) is 0 Å². The van der Waals surface area contributed by atoms with Crippen molar-refractivity contribution >= 4 is 0 Å². The van der Waals surface area contributed by atoms with E-state index in [1.165, 1.54) is 0 Å². The molecule has 104 valence electrons. The van der Waals surface area contributed by atoms with Crippen LogP contribution in [0.15, 0.2) is 0 Å². The minimum atomic E-state index is -4.85. The van der Waals surface area contributed by atoms with Gasteiger partial charge < -0.3 is 5.11 Å². The second-order valence-electron chi connectivity index (χ2n) is 2.98. The van der Waals surface area contributed by atoms with E-state index in [1.807, 2.05) is 0 Å². The number of hydrogen-bond acceptors (Lipinski definition) is 8. The fourth-order valence-electron chi connectivity index (χ4n) is 0.844. The van der Waals surface area contributed by atoms with Crippen LogP contribution in [0.3, 0.4) is 0 Å². The fraction of sp³-hybridized carbons (Fsp3) is 1.00. The molecule has 0 aromatic heterocycles. The molecule has 0 radical (unpaired) electrons. The molecule has 0 aliphatic carbocycles. The topological polar surface area (TPSA) is 118 Å². The van der Waals surface area contributed by atoms with Crippen LogP contribution in [-0.4, -0.2) is 69.0 Å². The predicted molar refractivity (Wildman–Crippen MR) is 52.2 cm³/mol. The van der Waals surface area contributed by atoms with Crippen molar-refractivity contribution < 1.29 is 51.8 Å². The molecule has 17 heavy (non-hydrogen) atoms. The van der Waals surface area contributed by atoms with Gasteiger partial charge in [-0.2, -0.15) is 0 Å². The Labute approximate surface area is 105 Å². The van der Waals surface area contributed by atoms with E-state index in [0.29, 0.717) is 33.0 Å². The summed E-state index contributed by atoms with van der Waals surface area (Å²) < 4.78 is 45.0. The molecule has 0 aliphatic heterocycles. The second-order valence-corrected chi connectivity index (χ2v) is 5.23. The summed E-state index contributed by atoms with van der Waals surface area (Å²) in [5.41, 5.74) is 0. The summed E-state index contributed by atoms with van der Waals surface area (Å²) >= 11 is -4.85. The van der Waals surface area contributed by atoms with Gasteiger partial charge in [-0.25, -0.2) is 0 Å². The molecule has 0 aromatic carbocycles. The first-order valence-corrected chi connectivity index (χ1v) is 7.94. The number of rotatable bonds is 12. The van der Waals surface area contributed by atoms with Crippen molar-refractivity contribution in [2.45, 2.75) is 0 Å². The van der Waals surface area contributed by atoms with Crippen molar-refractivity contribution in [1.29, 1.82) is 0 Å². The van der Waals surface area contributed by atoms with Crippen LogP contribution in [0.1, 0.15) is 0 Å². The van der Waals surface area contributed by atoms with Crippen LogP contribution in [0.4, 0.5) is 0 Å². The number of hydrogen-bond donors (Lipinski definition) is 4. The van der Waals surface area contributed by atoms with Gasteiger partial charge in [-0.3, -0.25) is 0 Å². The Bertz CT molecular complexity index is 162. The van der Waals surface area contributed by atoms with Crippen LogP contribution in [0.5, 0.6) is 0 Å². The molecule has 4 N–H and O–H groups in total. The molecule has 0 aromatic rings. The predicted octanol–water partition coefficient (Wildman–Crippen LogP) is -2.16. The minimum absolute atomic E-state index is 0.00432. The average Bonchev–Trinajstić information content (AvgIpc) is 2.24. The Morgan fingerprint density at radius 1 is 0.647 bits per heavy atom. The van der Waals surface area contributed by atoms with Crippen molar-refractivity contribution in [3.63, 3.8) is 0 Å². The third-order valence-electron chi connectivity index (χ3n) is 1.50. The Morgan fingerprint density at radius 2 is 1.06 bits per heavy atom. The van der Waals surface area contributed by atoms with E-state index in [2.05, 4.69) is 3.32 Å². The van der Waals surface area contributed by atoms with Crippen molar-refractivity contribution in [2.75, 3.05) is 52.9 Å². The Morgan fingerprint density at radius 3 is 1.47 bits per heavy atom. The zero-order chi connectivity index (χ0) is 13.0. The molecule has 0 bridgehead atoms. The average molecular weight is 292 g/mol. The van der Waals surface area contributed by atoms with Crippen molar-refractivity contribution in [2.24, 2.45) is 0 Å². The molecule has 0 unspecified atom stereocenters. The molecule has 0 atom stereocenters. The van der Waals surface area contributed by atoms with E-state index < -0.39 is 18.1 Å². The van der Waals surface area contributed by atoms with Gasteiger partial charge in [0, 0.05) is 0 Å². The summed E-state index contributed by atoms with van der Waals surface area (Å²) in [7, 11) is 0. The molecule has 0 saturated heterocycles. The number of aliphatic hydroxyl groups excluding tert-OH is 1. The number of ether oxygens (including phenoxy) is 3. The molecule has 0 amide bonds. The van der Waals surface area contributed by atoms with Gasteiger partial charge in [0.15, 0.2) is 0 Å². The van der Waals surface area contributed by atoms with Gasteiger partial charge in [-0.05, 0) is 0 Å². The van der Waals surface area contributed by atoms with Crippen molar-refractivity contribution in [3.8, 4) is 0 Å². The van der Waals surface area contributed by atoms with Crippen LogP contribution >= 0.6 is 0 Å². The maximum atomic E-state index is 8.53. The summed E-state index contributed by atoms with van der Waals surface area (Å²) in [6.07, 6.45) is 0. The van der Waals surface area contributed by atoms with Gasteiger partial charge in [0.1, 0.15) is 0 Å². The zero-order valence-electron chi connectivity index (χ0n) is 9.58. The van der Waals surface area contributed by atoms with Crippen molar-refractivity contribution in [3.05, 3.63) is 0 Å². The molecule has 0 saturated carbocycles. The Hall–Kier alpha value is 0.394. The van der Waals surface area contributed by atoms with Crippen LogP contribution in [0.25, 0.3) is 0 Å². The summed E-state index contributed by atoms with van der Waals surface area (Å²) in [6, 6.07) is 0. The van der Waals surface area contributed by atoms with Crippen LogP contribution in [-0.2, 0) is 35.7 Å². The third-order valence-corrected chi connectivity index (χ3v) is 2.43. The monoisotopic (exact) mass is 292 g/mol. The van der Waals surface area contributed by atoms with E-state index in [4.69, 9.17) is 30.4 Å². The third kappa shape index (κ3) is 16.4. The first-order valence-electron chi connectivity index (χ1n) is 5.21. The Balaban J connectivity index is 2.99. The van der Waals surface area contributed by atoms with Crippen LogP contribution in [0, 0.1) is 0 Å². The number of aliphatic hydroxyl groups is 1. The van der Waals surface area contributed by atoms with Crippen molar-refractivity contribution in [1.82, 2.24) is 0 Å². The molecule has 0 spiro atoms. The molecule has 0 rings (SSSR count). The SMILES string of the molecule is OCCOCCOCCOCC[O][Ti]([OH])([OH])[OH]. The molecular formula is C8H20O8Ti. The molecule has 0 fully saturated rings. The molecular weight excluding hydrogens is 272 g/mol. The molecule has 0 aliphatic rings. The summed E-state index contributed by atoms with van der Waals surface area (Å²) in [5.74, 6) is 0. The normalized spacial score (nSPS) is 12.0. The van der Waals surface area contributed by atoms with Gasteiger partial charge in [0.25, 0.3) is 0 Å². The zero-order valence-corrected chi connectivity index (χ0v) is 11.1. The summed E-state index contributed by atoms with van der Waals surface area (Å²) in [4.78, 5) is 0. The summed E-state index contributed by atoms with van der Waals surface area (Å²) in [5, 5.41) is 8.40. The summed E-state index contributed by atoms with van der Waals surface area (Å²) in [6.45, 7) is 1.94. The molecule has 0 heterocycles. The first-order chi connectivity index (χ1) is 8.06. The first kappa shape index (κ1) is 17.4. The van der Waals surface area contributed by atoms with Gasteiger partial charge in [-0.15, -0.1) is 0 Å². The van der Waals surface area contributed by atoms with Gasteiger partial charge in [-0.1, -0.05) is 0 Å². The Kier molecular flexibility index (Phi) is 11.7. The van der Waals surface area contributed by atoms with E-state index in [9.17, 15) is 0 Å². The van der Waals surface area contributed by atoms with E-state index >= 15 is 0 Å². The van der Waals surface area contributed by atoms with Gasteiger partial charge >= 0.3 is 99.6 Å². The van der Waals surface area contributed by atoms with Crippen LogP contribution in [0.2, 0.25) is 0 Å². The maximum absolute atomic E-state index is 8.53. The van der Waals surface area contributed by atoms with Crippen LogP contribution < -0.4 is 0 Å². The second kappa shape index (κ2) is 11.5.